The number of hydrogen-bond acceptors (Lipinski definition) is 1. The van der Waals surface area contributed by atoms with E-state index in [1.54, 1.807) is 0 Å². The fraction of sp³-hybridized carbons (Fsp3) is 0.625. The van der Waals surface area contributed by atoms with Gasteiger partial charge in [-0.3, -0.25) is 4.79 Å². The molecule has 2 heteroatoms. The van der Waals surface area contributed by atoms with Crippen molar-refractivity contribution in [2.24, 2.45) is 0 Å². The van der Waals surface area contributed by atoms with Crippen molar-refractivity contribution in [3.8, 4) is 0 Å². The summed E-state index contributed by atoms with van der Waals surface area (Å²) in [6.07, 6.45) is 14.8. The molecule has 0 atom stereocenters. The number of nitrogens with zero attached hydrogens (tertiary/aromatic N) is 1. The van der Waals surface area contributed by atoms with Crippen molar-refractivity contribution < 1.29 is 4.79 Å². The molecular formula is C24H39NO. The predicted octanol–water partition coefficient (Wildman–Crippen LogP) is 7.10. The maximum Gasteiger partial charge on any atom is 0.254 e. The SMILES string of the molecule is CCCCCCCCC/C=C\c1ccccc1C(=O)N(C(C)C)C(C)C. The largest absolute Gasteiger partial charge is 0.334 e. The molecule has 0 aliphatic carbocycles. The second kappa shape index (κ2) is 12.7. The van der Waals surface area contributed by atoms with E-state index in [4.69, 9.17) is 0 Å². The molecular weight excluding hydrogens is 318 g/mol. The van der Waals surface area contributed by atoms with Crippen LogP contribution in [0.25, 0.3) is 6.08 Å². The minimum atomic E-state index is 0.131. The van der Waals surface area contributed by atoms with Gasteiger partial charge in [-0.25, -0.2) is 0 Å². The van der Waals surface area contributed by atoms with Crippen molar-refractivity contribution in [1.29, 1.82) is 0 Å². The Bertz CT molecular complexity index is 537. The maximum atomic E-state index is 13.0. The first-order valence-corrected chi connectivity index (χ1v) is 10.6. The lowest BCUT2D eigenvalue weighted by Gasteiger charge is -2.31. The number of benzene rings is 1. The highest BCUT2D eigenvalue weighted by Crippen LogP contribution is 2.18. The van der Waals surface area contributed by atoms with Crippen molar-refractivity contribution in [2.75, 3.05) is 0 Å². The molecule has 0 N–H and O–H groups in total. The Morgan fingerprint density at radius 3 is 2.12 bits per heavy atom. The molecule has 146 valence electrons. The molecule has 26 heavy (non-hydrogen) atoms. The summed E-state index contributed by atoms with van der Waals surface area (Å²) < 4.78 is 0. The van der Waals surface area contributed by atoms with Gasteiger partial charge in [0.1, 0.15) is 0 Å². The van der Waals surface area contributed by atoms with E-state index < -0.39 is 0 Å². The van der Waals surface area contributed by atoms with Gasteiger partial charge in [0.2, 0.25) is 0 Å². The smallest absolute Gasteiger partial charge is 0.254 e. The zero-order chi connectivity index (χ0) is 19.4. The Morgan fingerprint density at radius 2 is 1.50 bits per heavy atom. The van der Waals surface area contributed by atoms with Gasteiger partial charge >= 0.3 is 0 Å². The Labute approximate surface area is 161 Å². The van der Waals surface area contributed by atoms with Gasteiger partial charge in [0.05, 0.1) is 0 Å². The van der Waals surface area contributed by atoms with Crippen LogP contribution in [0.5, 0.6) is 0 Å². The second-order valence-corrected chi connectivity index (χ2v) is 7.80. The topological polar surface area (TPSA) is 20.3 Å². The van der Waals surface area contributed by atoms with Crippen LogP contribution in [-0.2, 0) is 0 Å². The zero-order valence-corrected chi connectivity index (χ0v) is 17.6. The molecule has 0 aliphatic heterocycles. The van der Waals surface area contributed by atoms with Crippen molar-refractivity contribution in [2.45, 2.75) is 98.1 Å². The first-order chi connectivity index (χ1) is 12.5. The van der Waals surface area contributed by atoms with Gasteiger partial charge in [-0.05, 0) is 52.2 Å². The van der Waals surface area contributed by atoms with E-state index in [0.717, 1.165) is 17.5 Å². The van der Waals surface area contributed by atoms with Crippen LogP contribution in [0, 0.1) is 0 Å². The minimum Gasteiger partial charge on any atom is -0.334 e. The van der Waals surface area contributed by atoms with Gasteiger partial charge in [0, 0.05) is 17.6 Å². The molecule has 1 amide bonds. The van der Waals surface area contributed by atoms with E-state index in [2.05, 4.69) is 46.8 Å². The van der Waals surface area contributed by atoms with Crippen molar-refractivity contribution in [3.05, 3.63) is 41.5 Å². The van der Waals surface area contributed by atoms with E-state index in [1.165, 1.54) is 44.9 Å². The average molecular weight is 358 g/mol. The third-order valence-electron chi connectivity index (χ3n) is 4.81. The highest BCUT2D eigenvalue weighted by atomic mass is 16.2. The first kappa shape index (κ1) is 22.5. The number of carbonyl (C=O) groups excluding carboxylic acids is 1. The van der Waals surface area contributed by atoms with E-state index in [9.17, 15) is 4.79 Å². The molecule has 0 heterocycles. The van der Waals surface area contributed by atoms with Gasteiger partial charge in [-0.15, -0.1) is 0 Å². The van der Waals surface area contributed by atoms with Crippen LogP contribution in [0.4, 0.5) is 0 Å². The Morgan fingerprint density at radius 1 is 0.923 bits per heavy atom. The van der Waals surface area contributed by atoms with Crippen molar-refractivity contribution in [1.82, 2.24) is 4.90 Å². The van der Waals surface area contributed by atoms with Gasteiger partial charge in [0.15, 0.2) is 0 Å². The number of hydrogen-bond donors (Lipinski definition) is 0. The van der Waals surface area contributed by atoms with Crippen LogP contribution in [0.2, 0.25) is 0 Å². The van der Waals surface area contributed by atoms with Crippen LogP contribution < -0.4 is 0 Å². The average Bonchev–Trinajstić information content (AvgIpc) is 2.60. The van der Waals surface area contributed by atoms with E-state index in [-0.39, 0.29) is 18.0 Å². The molecule has 0 saturated heterocycles. The van der Waals surface area contributed by atoms with E-state index in [0.29, 0.717) is 0 Å². The highest BCUT2D eigenvalue weighted by Gasteiger charge is 2.22. The standard InChI is InChI=1S/C24H39NO/c1-6-7-8-9-10-11-12-13-14-17-22-18-15-16-19-23(22)24(26)25(20(2)3)21(4)5/h14-21H,6-13H2,1-5H3/b17-14-. The zero-order valence-electron chi connectivity index (χ0n) is 17.6. The van der Waals surface area contributed by atoms with Gasteiger partial charge in [-0.2, -0.15) is 0 Å². The molecule has 1 aromatic carbocycles. The lowest BCUT2D eigenvalue weighted by molar-refractivity contribution is 0.0643. The summed E-state index contributed by atoms with van der Waals surface area (Å²) in [4.78, 5) is 15.0. The number of carbonyl (C=O) groups is 1. The monoisotopic (exact) mass is 357 g/mol. The summed E-state index contributed by atoms with van der Waals surface area (Å²) >= 11 is 0. The third-order valence-corrected chi connectivity index (χ3v) is 4.81. The molecule has 1 rings (SSSR count). The van der Waals surface area contributed by atoms with Gasteiger partial charge in [-0.1, -0.05) is 75.8 Å². The van der Waals surface area contributed by atoms with Crippen LogP contribution in [0.15, 0.2) is 30.3 Å². The molecule has 0 saturated carbocycles. The molecule has 0 aliphatic rings. The first-order valence-electron chi connectivity index (χ1n) is 10.6. The van der Waals surface area contributed by atoms with Crippen molar-refractivity contribution >= 4 is 12.0 Å². The van der Waals surface area contributed by atoms with Crippen LogP contribution in [-0.4, -0.2) is 22.9 Å². The molecule has 0 spiro atoms. The fourth-order valence-corrected chi connectivity index (χ4v) is 3.47. The molecule has 0 aromatic heterocycles. The summed E-state index contributed by atoms with van der Waals surface area (Å²) in [6.45, 7) is 10.6. The number of amides is 1. The predicted molar refractivity (Wildman–Crippen MR) is 115 cm³/mol. The Kier molecular flexibility index (Phi) is 11.0. The number of unbranched alkanes of at least 4 members (excludes halogenated alkanes) is 7. The number of rotatable bonds is 12. The molecule has 0 unspecified atom stereocenters. The molecule has 0 bridgehead atoms. The quantitative estimate of drug-likeness (QED) is 0.365. The summed E-state index contributed by atoms with van der Waals surface area (Å²) in [5.41, 5.74) is 1.84. The van der Waals surface area contributed by atoms with E-state index >= 15 is 0 Å². The second-order valence-electron chi connectivity index (χ2n) is 7.80. The number of allylic oxidation sites excluding steroid dienone is 1. The van der Waals surface area contributed by atoms with Gasteiger partial charge < -0.3 is 4.90 Å². The lowest BCUT2D eigenvalue weighted by atomic mass is 10.0. The molecule has 2 nitrogen and oxygen atoms in total. The van der Waals surface area contributed by atoms with E-state index in [1.807, 2.05) is 29.2 Å². The fourth-order valence-electron chi connectivity index (χ4n) is 3.47. The van der Waals surface area contributed by atoms with Crippen molar-refractivity contribution in [3.63, 3.8) is 0 Å². The Hall–Kier alpha value is -1.57. The summed E-state index contributed by atoms with van der Waals surface area (Å²) in [5.74, 6) is 0.131. The van der Waals surface area contributed by atoms with Gasteiger partial charge in [0.25, 0.3) is 5.91 Å². The maximum absolute atomic E-state index is 13.0. The lowest BCUT2D eigenvalue weighted by Crippen LogP contribution is -2.42. The highest BCUT2D eigenvalue weighted by molar-refractivity contribution is 5.98. The summed E-state index contributed by atoms with van der Waals surface area (Å²) in [5, 5.41) is 0. The summed E-state index contributed by atoms with van der Waals surface area (Å²) in [6, 6.07) is 8.37. The van der Waals surface area contributed by atoms with Crippen LogP contribution in [0.1, 0.15) is 102 Å². The molecule has 0 fully saturated rings. The molecule has 1 aromatic rings. The Balaban J connectivity index is 2.59. The van der Waals surface area contributed by atoms with Crippen LogP contribution >= 0.6 is 0 Å². The summed E-state index contributed by atoms with van der Waals surface area (Å²) in [7, 11) is 0. The molecule has 0 radical (unpaired) electrons. The van der Waals surface area contributed by atoms with Crippen LogP contribution in [0.3, 0.4) is 0 Å². The normalized spacial score (nSPS) is 11.7. The third kappa shape index (κ3) is 7.76. The minimum absolute atomic E-state index is 0.131.